The van der Waals surface area contributed by atoms with Crippen LogP contribution in [0.2, 0.25) is 0 Å². The molecule has 1 aliphatic rings. The summed E-state index contributed by atoms with van der Waals surface area (Å²) in [6, 6.07) is 1.79. The normalized spacial score (nSPS) is 17.7. The van der Waals surface area contributed by atoms with Gasteiger partial charge in [0.25, 0.3) is 0 Å². The molecule has 0 aromatic carbocycles. The van der Waals surface area contributed by atoms with Gasteiger partial charge in [0.1, 0.15) is 4.21 Å². The molecule has 0 spiro atoms. The first-order chi connectivity index (χ1) is 9.92. The van der Waals surface area contributed by atoms with Crippen LogP contribution in [0.1, 0.15) is 50.0 Å². The molecule has 1 saturated carbocycles. The Morgan fingerprint density at radius 3 is 2.57 bits per heavy atom. The van der Waals surface area contributed by atoms with Gasteiger partial charge in [0.15, 0.2) is 0 Å². The van der Waals surface area contributed by atoms with E-state index in [-0.39, 0.29) is 5.41 Å². The summed E-state index contributed by atoms with van der Waals surface area (Å²) in [5.41, 5.74) is 1.25. The first kappa shape index (κ1) is 16.9. The van der Waals surface area contributed by atoms with Gasteiger partial charge in [-0.2, -0.15) is 0 Å². The molecule has 1 heterocycles. The highest BCUT2D eigenvalue weighted by Crippen LogP contribution is 2.43. The second kappa shape index (κ2) is 6.77. The Hall–Kier alpha value is -0.430. The molecule has 21 heavy (non-hydrogen) atoms. The SMILES string of the molecule is CCNCc1sc(S(=O)(=O)NCC2(CC)CCC2)cc1C. The van der Waals surface area contributed by atoms with E-state index >= 15 is 0 Å². The molecule has 0 atom stereocenters. The van der Waals surface area contributed by atoms with Crippen LogP contribution in [0.4, 0.5) is 0 Å². The van der Waals surface area contributed by atoms with Crippen molar-refractivity contribution in [3.05, 3.63) is 16.5 Å². The molecule has 6 heteroatoms. The van der Waals surface area contributed by atoms with E-state index in [9.17, 15) is 8.42 Å². The van der Waals surface area contributed by atoms with Gasteiger partial charge in [-0.15, -0.1) is 11.3 Å². The Morgan fingerprint density at radius 2 is 2.05 bits per heavy atom. The van der Waals surface area contributed by atoms with E-state index in [0.717, 1.165) is 42.8 Å². The quantitative estimate of drug-likeness (QED) is 0.770. The van der Waals surface area contributed by atoms with Gasteiger partial charge >= 0.3 is 0 Å². The molecule has 4 nitrogen and oxygen atoms in total. The number of sulfonamides is 1. The summed E-state index contributed by atoms with van der Waals surface area (Å²) < 4.78 is 28.2. The standard InChI is InChI=1S/C15H26N2O2S2/c1-4-15(7-6-8-15)11-17-21(18,19)14-9-12(3)13(20-14)10-16-5-2/h9,16-17H,4-8,10-11H2,1-3H3. The van der Waals surface area contributed by atoms with Crippen LogP contribution in [0.3, 0.4) is 0 Å². The van der Waals surface area contributed by atoms with E-state index in [0.29, 0.717) is 10.8 Å². The minimum atomic E-state index is -3.37. The van der Waals surface area contributed by atoms with Crippen molar-refractivity contribution in [2.24, 2.45) is 5.41 Å². The summed E-state index contributed by atoms with van der Waals surface area (Å²) in [6.45, 7) is 8.37. The number of hydrogen-bond acceptors (Lipinski definition) is 4. The second-order valence-corrected chi connectivity index (χ2v) is 9.11. The van der Waals surface area contributed by atoms with Crippen molar-refractivity contribution in [1.29, 1.82) is 0 Å². The Bertz CT molecular complexity index is 569. The molecule has 0 bridgehead atoms. The van der Waals surface area contributed by atoms with Crippen LogP contribution in [0.25, 0.3) is 0 Å². The third kappa shape index (κ3) is 3.86. The fourth-order valence-electron chi connectivity index (χ4n) is 2.69. The van der Waals surface area contributed by atoms with Crippen LogP contribution < -0.4 is 10.0 Å². The molecule has 0 amide bonds. The molecule has 2 N–H and O–H groups in total. The molecule has 0 radical (unpaired) electrons. The third-order valence-electron chi connectivity index (χ3n) is 4.60. The van der Waals surface area contributed by atoms with Gasteiger partial charge in [-0.25, -0.2) is 13.1 Å². The lowest BCUT2D eigenvalue weighted by Gasteiger charge is -2.41. The summed E-state index contributed by atoms with van der Waals surface area (Å²) in [5, 5.41) is 3.25. The van der Waals surface area contributed by atoms with E-state index in [1.807, 2.05) is 13.8 Å². The van der Waals surface area contributed by atoms with Crippen molar-refractivity contribution in [3.8, 4) is 0 Å². The summed E-state index contributed by atoms with van der Waals surface area (Å²) in [5.74, 6) is 0. The average Bonchev–Trinajstić information content (AvgIpc) is 2.78. The molecule has 1 aliphatic carbocycles. The molecule has 0 unspecified atom stereocenters. The van der Waals surface area contributed by atoms with Gasteiger partial charge in [-0.1, -0.05) is 20.3 Å². The lowest BCUT2D eigenvalue weighted by atomic mass is 9.67. The van der Waals surface area contributed by atoms with Gasteiger partial charge in [0.05, 0.1) is 0 Å². The topological polar surface area (TPSA) is 58.2 Å². The zero-order valence-electron chi connectivity index (χ0n) is 13.2. The largest absolute Gasteiger partial charge is 0.312 e. The summed E-state index contributed by atoms with van der Waals surface area (Å²) >= 11 is 1.38. The predicted molar refractivity (Wildman–Crippen MR) is 88.2 cm³/mol. The molecule has 1 fully saturated rings. The molecule has 2 rings (SSSR count). The zero-order valence-corrected chi connectivity index (χ0v) is 14.8. The summed E-state index contributed by atoms with van der Waals surface area (Å²) in [7, 11) is -3.37. The Balaban J connectivity index is 2.05. The van der Waals surface area contributed by atoms with Gasteiger partial charge < -0.3 is 5.32 Å². The highest BCUT2D eigenvalue weighted by molar-refractivity contribution is 7.91. The van der Waals surface area contributed by atoms with Crippen molar-refractivity contribution in [2.45, 2.75) is 57.2 Å². The van der Waals surface area contributed by atoms with Crippen molar-refractivity contribution in [3.63, 3.8) is 0 Å². The number of thiophene rings is 1. The van der Waals surface area contributed by atoms with Crippen LogP contribution in [-0.4, -0.2) is 21.5 Å². The predicted octanol–water partition coefficient (Wildman–Crippen LogP) is 3.02. The van der Waals surface area contributed by atoms with E-state index in [2.05, 4.69) is 17.0 Å². The first-order valence-electron chi connectivity index (χ1n) is 7.72. The lowest BCUT2D eigenvalue weighted by Crippen LogP contribution is -2.41. The second-order valence-electron chi connectivity index (χ2n) is 5.98. The number of aryl methyl sites for hydroxylation is 1. The van der Waals surface area contributed by atoms with Crippen molar-refractivity contribution in [1.82, 2.24) is 10.0 Å². The highest BCUT2D eigenvalue weighted by atomic mass is 32.2. The van der Waals surface area contributed by atoms with Gasteiger partial charge in [0, 0.05) is 18.0 Å². The minimum Gasteiger partial charge on any atom is -0.312 e. The molecular weight excluding hydrogens is 304 g/mol. The Morgan fingerprint density at radius 1 is 1.33 bits per heavy atom. The van der Waals surface area contributed by atoms with Crippen molar-refractivity contribution >= 4 is 21.4 Å². The van der Waals surface area contributed by atoms with Crippen molar-refractivity contribution < 1.29 is 8.42 Å². The van der Waals surface area contributed by atoms with Crippen LogP contribution in [0.15, 0.2) is 10.3 Å². The Labute approximate surface area is 132 Å². The maximum Gasteiger partial charge on any atom is 0.250 e. The maximum absolute atomic E-state index is 12.5. The number of rotatable bonds is 8. The fourth-order valence-corrected chi connectivity index (χ4v) is 5.45. The van der Waals surface area contributed by atoms with E-state index in [1.165, 1.54) is 17.8 Å². The third-order valence-corrected chi connectivity index (χ3v) is 7.71. The van der Waals surface area contributed by atoms with E-state index < -0.39 is 10.0 Å². The highest BCUT2D eigenvalue weighted by Gasteiger charge is 2.36. The minimum absolute atomic E-state index is 0.200. The Kier molecular flexibility index (Phi) is 5.46. The van der Waals surface area contributed by atoms with E-state index in [4.69, 9.17) is 0 Å². The van der Waals surface area contributed by atoms with Crippen LogP contribution in [0, 0.1) is 12.3 Å². The van der Waals surface area contributed by atoms with Gasteiger partial charge in [-0.3, -0.25) is 0 Å². The fraction of sp³-hybridized carbons (Fsp3) is 0.733. The van der Waals surface area contributed by atoms with E-state index in [1.54, 1.807) is 6.07 Å². The molecular formula is C15H26N2O2S2. The molecule has 120 valence electrons. The molecule has 1 aromatic heterocycles. The maximum atomic E-state index is 12.5. The summed E-state index contributed by atoms with van der Waals surface area (Å²) in [4.78, 5) is 1.10. The van der Waals surface area contributed by atoms with Crippen molar-refractivity contribution in [2.75, 3.05) is 13.1 Å². The monoisotopic (exact) mass is 330 g/mol. The van der Waals surface area contributed by atoms with Crippen LogP contribution in [0.5, 0.6) is 0 Å². The van der Waals surface area contributed by atoms with Gasteiger partial charge in [-0.05, 0) is 49.8 Å². The lowest BCUT2D eigenvalue weighted by molar-refractivity contribution is 0.133. The average molecular weight is 331 g/mol. The number of nitrogens with one attached hydrogen (secondary N) is 2. The zero-order chi connectivity index (χ0) is 15.5. The van der Waals surface area contributed by atoms with Crippen LogP contribution in [-0.2, 0) is 16.6 Å². The van der Waals surface area contributed by atoms with Gasteiger partial charge in [0.2, 0.25) is 10.0 Å². The summed E-state index contributed by atoms with van der Waals surface area (Å²) in [6.07, 6.45) is 4.55. The molecule has 0 saturated heterocycles. The molecule has 0 aliphatic heterocycles. The molecule has 1 aromatic rings. The smallest absolute Gasteiger partial charge is 0.250 e. The van der Waals surface area contributed by atoms with Crippen LogP contribution >= 0.6 is 11.3 Å². The number of hydrogen-bond donors (Lipinski definition) is 2. The first-order valence-corrected chi connectivity index (χ1v) is 10.0.